The van der Waals surface area contributed by atoms with Crippen LogP contribution in [0.2, 0.25) is 0 Å². The van der Waals surface area contributed by atoms with Crippen molar-refractivity contribution in [2.24, 2.45) is 0 Å². The highest BCUT2D eigenvalue weighted by Crippen LogP contribution is 2.33. The minimum absolute atomic E-state index is 0.249. The number of carbonyl (C=O) groups is 1. The van der Waals surface area contributed by atoms with E-state index in [0.29, 0.717) is 6.42 Å². The predicted molar refractivity (Wildman–Crippen MR) is 291 cm³/mol. The second-order valence-electron chi connectivity index (χ2n) is 22.2. The number of unbranched alkanes of at least 4 members (excludes halogenated alkanes) is 29. The summed E-state index contributed by atoms with van der Waals surface area (Å²) in [5.74, 6) is -0.273. The van der Waals surface area contributed by atoms with Crippen LogP contribution in [0.15, 0.2) is 12.2 Å². The lowest BCUT2D eigenvalue weighted by Gasteiger charge is -2.48. The van der Waals surface area contributed by atoms with Crippen molar-refractivity contribution in [3.8, 4) is 0 Å². The van der Waals surface area contributed by atoms with E-state index in [-0.39, 0.29) is 18.9 Å². The highest BCUT2D eigenvalue weighted by Gasteiger charge is 2.53. The van der Waals surface area contributed by atoms with Crippen LogP contribution in [0.1, 0.15) is 219 Å². The molecule has 19 nitrogen and oxygen atoms in total. The Morgan fingerprint density at radius 1 is 0.455 bits per heavy atom. The largest absolute Gasteiger partial charge is 0.394 e. The van der Waals surface area contributed by atoms with Crippen LogP contribution in [0.5, 0.6) is 0 Å². The van der Waals surface area contributed by atoms with Crippen molar-refractivity contribution in [2.45, 2.75) is 324 Å². The van der Waals surface area contributed by atoms with Crippen molar-refractivity contribution < 1.29 is 89.4 Å². The fraction of sp³-hybridized carbons (Fsp3) is 0.948. The number of carbonyl (C=O) groups excluding carboxylic acids is 1. The lowest BCUT2D eigenvalue weighted by atomic mass is 9.96. The number of nitrogens with one attached hydrogen (secondary N) is 1. The molecule has 17 atom stereocenters. The molecule has 0 aromatic carbocycles. The SMILES string of the molecule is CCCCCCCCCCCCCC=CC(O)C(COC1OC(CO)C(OC2OC(CO)C(OC3OC(CO)C(O)C(O)C3O)C(O)C2O)C(O)C1O)NC(=O)CCCCCCCCCCCCCCCCCCCCC. The van der Waals surface area contributed by atoms with Crippen LogP contribution in [-0.4, -0.2) is 193 Å². The van der Waals surface area contributed by atoms with Crippen LogP contribution >= 0.6 is 0 Å². The van der Waals surface area contributed by atoms with E-state index >= 15 is 0 Å². The molecule has 0 saturated carbocycles. The average Bonchev–Trinajstić information content (AvgIpc) is 3.43. The number of amides is 1. The Morgan fingerprint density at radius 2 is 0.805 bits per heavy atom. The Hall–Kier alpha value is -1.47. The van der Waals surface area contributed by atoms with Crippen LogP contribution in [-0.2, 0) is 33.2 Å². The van der Waals surface area contributed by atoms with E-state index in [4.69, 9.17) is 28.4 Å². The van der Waals surface area contributed by atoms with E-state index in [9.17, 15) is 61.0 Å². The smallest absolute Gasteiger partial charge is 0.220 e. The molecular weight excluding hydrogens is 999 g/mol. The summed E-state index contributed by atoms with van der Waals surface area (Å²) in [4.78, 5) is 13.3. The number of ether oxygens (including phenoxy) is 6. The van der Waals surface area contributed by atoms with Gasteiger partial charge in [-0.1, -0.05) is 206 Å². The van der Waals surface area contributed by atoms with Gasteiger partial charge in [0.2, 0.25) is 5.91 Å². The molecular formula is C58H109NO18. The zero-order valence-electron chi connectivity index (χ0n) is 47.2. The normalized spacial score (nSPS) is 30.7. The van der Waals surface area contributed by atoms with Gasteiger partial charge in [-0.15, -0.1) is 0 Å². The van der Waals surface area contributed by atoms with Crippen LogP contribution in [0.25, 0.3) is 0 Å². The van der Waals surface area contributed by atoms with Gasteiger partial charge in [0.15, 0.2) is 18.9 Å². The Morgan fingerprint density at radius 3 is 1.22 bits per heavy atom. The van der Waals surface area contributed by atoms with Gasteiger partial charge in [0.05, 0.1) is 38.6 Å². The number of allylic oxidation sites excluding steroid dienone is 1. The van der Waals surface area contributed by atoms with Gasteiger partial charge in [-0.25, -0.2) is 0 Å². The first-order chi connectivity index (χ1) is 37.3. The van der Waals surface area contributed by atoms with Gasteiger partial charge in [0, 0.05) is 6.42 Å². The number of aliphatic hydroxyl groups is 11. The number of rotatable bonds is 45. The van der Waals surface area contributed by atoms with Crippen molar-refractivity contribution in [2.75, 3.05) is 26.4 Å². The van der Waals surface area contributed by atoms with E-state index in [1.807, 2.05) is 6.08 Å². The molecule has 1 amide bonds. The fourth-order valence-electron chi connectivity index (χ4n) is 10.5. The van der Waals surface area contributed by atoms with Crippen molar-refractivity contribution >= 4 is 5.91 Å². The lowest BCUT2D eigenvalue weighted by molar-refractivity contribution is -0.379. The fourth-order valence-corrected chi connectivity index (χ4v) is 10.5. The van der Waals surface area contributed by atoms with Gasteiger partial charge >= 0.3 is 0 Å². The molecule has 3 aliphatic rings. The molecule has 19 heteroatoms. The van der Waals surface area contributed by atoms with Crippen molar-refractivity contribution in [1.29, 1.82) is 0 Å². The molecule has 0 aliphatic carbocycles. The monoisotopic (exact) mass is 1110 g/mol. The first-order valence-electron chi connectivity index (χ1n) is 30.4. The summed E-state index contributed by atoms with van der Waals surface area (Å²) in [7, 11) is 0. The first-order valence-corrected chi connectivity index (χ1v) is 30.4. The molecule has 3 heterocycles. The highest BCUT2D eigenvalue weighted by molar-refractivity contribution is 5.76. The maximum atomic E-state index is 13.3. The maximum absolute atomic E-state index is 13.3. The zero-order valence-corrected chi connectivity index (χ0v) is 47.2. The molecule has 3 saturated heterocycles. The van der Waals surface area contributed by atoms with E-state index in [2.05, 4.69) is 19.2 Å². The summed E-state index contributed by atoms with van der Waals surface area (Å²) in [6.07, 6.45) is 14.8. The average molecular weight is 1110 g/mol. The van der Waals surface area contributed by atoms with Crippen LogP contribution < -0.4 is 5.32 Å². The Bertz CT molecular complexity index is 1460. The number of hydrogen-bond acceptors (Lipinski definition) is 18. The lowest BCUT2D eigenvalue weighted by Crippen LogP contribution is -2.66. The zero-order chi connectivity index (χ0) is 56.2. The molecule has 3 aliphatic heterocycles. The predicted octanol–water partition coefficient (Wildman–Crippen LogP) is 5.38. The standard InChI is InChI=1S/C58H109NO18/c1-3-5-7-9-11-13-15-17-18-19-20-21-22-24-26-28-30-32-34-36-46(64)59-41(42(63)35-33-31-29-27-25-23-16-14-12-10-8-6-4-2)40-72-56-52(70)49(67)54(44(38-61)74-56)77-58-53(71)50(68)55(45(39-62)75-58)76-57-51(69)48(66)47(65)43(37-60)73-57/h33,35,41-45,47-58,60-63,65-71H,3-32,34,36-40H2,1-2H3,(H,59,64). The highest BCUT2D eigenvalue weighted by atomic mass is 16.8. The van der Waals surface area contributed by atoms with Crippen LogP contribution in [0.3, 0.4) is 0 Å². The molecule has 454 valence electrons. The summed E-state index contributed by atoms with van der Waals surface area (Å²) in [6.45, 7) is 1.73. The summed E-state index contributed by atoms with van der Waals surface area (Å²) >= 11 is 0. The summed E-state index contributed by atoms with van der Waals surface area (Å²) in [6, 6.07) is -0.966. The Kier molecular flexibility index (Phi) is 38.4. The van der Waals surface area contributed by atoms with E-state index in [1.54, 1.807) is 6.08 Å². The van der Waals surface area contributed by atoms with E-state index in [1.165, 1.54) is 148 Å². The van der Waals surface area contributed by atoms with Crippen LogP contribution in [0, 0.1) is 0 Å². The van der Waals surface area contributed by atoms with E-state index in [0.717, 1.165) is 44.9 Å². The number of aliphatic hydroxyl groups excluding tert-OH is 11. The number of hydrogen-bond donors (Lipinski definition) is 12. The van der Waals surface area contributed by atoms with Gasteiger partial charge in [-0.3, -0.25) is 4.79 Å². The molecule has 17 unspecified atom stereocenters. The summed E-state index contributed by atoms with van der Waals surface area (Å²) in [5, 5.41) is 120. The van der Waals surface area contributed by atoms with Crippen molar-refractivity contribution in [3.63, 3.8) is 0 Å². The minimum Gasteiger partial charge on any atom is -0.394 e. The molecule has 0 aromatic rings. The Balaban J connectivity index is 1.49. The second kappa shape index (κ2) is 42.4. The molecule has 3 fully saturated rings. The third kappa shape index (κ3) is 26.5. The van der Waals surface area contributed by atoms with Crippen molar-refractivity contribution in [3.05, 3.63) is 12.2 Å². The first kappa shape index (κ1) is 69.8. The summed E-state index contributed by atoms with van der Waals surface area (Å²) in [5.41, 5.74) is 0. The molecule has 0 bridgehead atoms. The molecule has 0 radical (unpaired) electrons. The van der Waals surface area contributed by atoms with Crippen molar-refractivity contribution in [1.82, 2.24) is 5.32 Å². The minimum atomic E-state index is -1.97. The van der Waals surface area contributed by atoms with Crippen LogP contribution in [0.4, 0.5) is 0 Å². The van der Waals surface area contributed by atoms with Gasteiger partial charge < -0.3 is 89.9 Å². The molecule has 3 rings (SSSR count). The quantitative estimate of drug-likeness (QED) is 0.0269. The molecule has 77 heavy (non-hydrogen) atoms. The van der Waals surface area contributed by atoms with E-state index < -0.39 is 124 Å². The van der Waals surface area contributed by atoms with Gasteiger partial charge in [0.1, 0.15) is 73.2 Å². The molecule has 0 aromatic heterocycles. The van der Waals surface area contributed by atoms with Gasteiger partial charge in [-0.2, -0.15) is 0 Å². The molecule has 0 spiro atoms. The summed E-state index contributed by atoms with van der Waals surface area (Å²) < 4.78 is 34.2. The molecule has 12 N–H and O–H groups in total. The third-order valence-corrected chi connectivity index (χ3v) is 15.6. The van der Waals surface area contributed by atoms with Gasteiger partial charge in [0.25, 0.3) is 0 Å². The second-order valence-corrected chi connectivity index (χ2v) is 22.2. The van der Waals surface area contributed by atoms with Gasteiger partial charge in [-0.05, 0) is 19.3 Å². The maximum Gasteiger partial charge on any atom is 0.220 e. The topological polar surface area (TPSA) is 307 Å². The third-order valence-electron chi connectivity index (χ3n) is 15.6. The Labute approximate surface area is 461 Å².